The Morgan fingerprint density at radius 3 is 1.95 bits per heavy atom. The van der Waals surface area contributed by atoms with Crippen LogP contribution in [0.1, 0.15) is 0 Å². The monoisotopic (exact) mass is 309 g/mol. The highest BCUT2D eigenvalue weighted by molar-refractivity contribution is 7.65. The van der Waals surface area contributed by atoms with Gasteiger partial charge in [-0.05, 0) is 29.3 Å². The van der Waals surface area contributed by atoms with Gasteiger partial charge in [0.1, 0.15) is 5.75 Å². The highest BCUT2D eigenvalue weighted by atomic mass is 31.2. The highest BCUT2D eigenvalue weighted by Gasteiger charge is 2.25. The minimum absolute atomic E-state index is 0.496. The summed E-state index contributed by atoms with van der Waals surface area (Å²) in [6.45, 7) is 0. The van der Waals surface area contributed by atoms with E-state index in [1.54, 1.807) is 18.2 Å². The van der Waals surface area contributed by atoms with Gasteiger partial charge in [0.25, 0.3) is 0 Å². The van der Waals surface area contributed by atoms with Crippen molar-refractivity contribution in [2.75, 3.05) is 0 Å². The lowest BCUT2D eigenvalue weighted by Crippen LogP contribution is -2.18. The molecule has 1 atom stereocenters. The molecule has 1 unspecified atom stereocenters. The van der Waals surface area contributed by atoms with E-state index in [1.807, 2.05) is 66.7 Å². The normalized spacial score (nSPS) is 13.3. The van der Waals surface area contributed by atoms with Crippen LogP contribution in [-0.2, 0) is 4.57 Å². The minimum atomic E-state index is -3.47. The molecule has 0 saturated carbocycles. The van der Waals surface area contributed by atoms with E-state index < -0.39 is 7.52 Å². The van der Waals surface area contributed by atoms with Crippen molar-refractivity contribution >= 4 is 12.8 Å². The quantitative estimate of drug-likeness (QED) is 0.734. The lowest BCUT2D eigenvalue weighted by molar-refractivity contribution is 0.494. The van der Waals surface area contributed by atoms with Crippen LogP contribution in [0.5, 0.6) is 5.75 Å². The molecule has 0 aromatic heterocycles. The molecule has 0 aliphatic heterocycles. The van der Waals surface area contributed by atoms with E-state index in [9.17, 15) is 4.57 Å². The molecule has 2 N–H and O–H groups in total. The van der Waals surface area contributed by atoms with Gasteiger partial charge in [-0.3, -0.25) is 4.57 Å². The van der Waals surface area contributed by atoms with Crippen molar-refractivity contribution in [2.24, 2.45) is 5.50 Å². The summed E-state index contributed by atoms with van der Waals surface area (Å²) in [7, 11) is -3.47. The second kappa shape index (κ2) is 6.18. The van der Waals surface area contributed by atoms with Crippen molar-refractivity contribution < 1.29 is 9.09 Å². The predicted molar refractivity (Wildman–Crippen MR) is 90.4 cm³/mol. The Bertz CT molecular complexity index is 804. The Hall–Kier alpha value is -2.35. The molecule has 3 aromatic rings. The van der Waals surface area contributed by atoms with Crippen molar-refractivity contribution in [3.05, 3.63) is 84.9 Å². The number of hydrogen-bond acceptors (Lipinski definition) is 2. The zero-order valence-corrected chi connectivity index (χ0v) is 12.8. The van der Waals surface area contributed by atoms with Crippen LogP contribution in [0.4, 0.5) is 0 Å². The van der Waals surface area contributed by atoms with Crippen molar-refractivity contribution in [1.82, 2.24) is 0 Å². The van der Waals surface area contributed by atoms with Gasteiger partial charge < -0.3 is 4.52 Å². The summed E-state index contributed by atoms with van der Waals surface area (Å²) in [5, 5.41) is 0.519. The van der Waals surface area contributed by atoms with Gasteiger partial charge in [-0.25, -0.2) is 5.50 Å². The lowest BCUT2D eigenvalue weighted by atomic mass is 10.1. The van der Waals surface area contributed by atoms with Gasteiger partial charge in [-0.1, -0.05) is 66.7 Å². The molecule has 0 heterocycles. The molecule has 0 aliphatic rings. The van der Waals surface area contributed by atoms with Crippen LogP contribution in [0.25, 0.3) is 11.1 Å². The van der Waals surface area contributed by atoms with Crippen LogP contribution in [0, 0.1) is 0 Å². The van der Waals surface area contributed by atoms with Crippen molar-refractivity contribution in [1.29, 1.82) is 0 Å². The first-order valence-corrected chi connectivity index (χ1v) is 8.64. The zero-order chi connectivity index (χ0) is 15.4. The second-order valence-corrected chi connectivity index (χ2v) is 6.74. The maximum Gasteiger partial charge on any atom is 0.344 e. The van der Waals surface area contributed by atoms with E-state index in [-0.39, 0.29) is 0 Å². The van der Waals surface area contributed by atoms with Crippen LogP contribution in [0.3, 0.4) is 0 Å². The maximum atomic E-state index is 12.9. The standard InChI is InChI=1S/C18H16NO2P/c19-22(20,21-16-11-5-2-6-12-16)18-14-8-7-13-17(18)15-9-3-1-4-10-15/h1-14H,(H2,19,20). The molecule has 0 spiro atoms. The average Bonchev–Trinajstić information content (AvgIpc) is 2.56. The summed E-state index contributed by atoms with van der Waals surface area (Å²) in [5.74, 6) is 0.496. The third kappa shape index (κ3) is 3.11. The molecule has 0 saturated heterocycles. The Kier molecular flexibility index (Phi) is 4.10. The third-order valence-corrected chi connectivity index (χ3v) is 4.85. The summed E-state index contributed by atoms with van der Waals surface area (Å²) in [5.41, 5.74) is 7.82. The Morgan fingerprint density at radius 2 is 1.27 bits per heavy atom. The Balaban J connectivity index is 2.03. The second-order valence-electron chi connectivity index (χ2n) is 4.88. The number of benzene rings is 3. The molecule has 0 aliphatic carbocycles. The van der Waals surface area contributed by atoms with E-state index in [4.69, 9.17) is 10.0 Å². The highest BCUT2D eigenvalue weighted by Crippen LogP contribution is 2.40. The molecule has 0 bridgehead atoms. The molecule has 110 valence electrons. The molecule has 0 fully saturated rings. The summed E-state index contributed by atoms with van der Waals surface area (Å²) in [6.07, 6.45) is 0. The van der Waals surface area contributed by atoms with Crippen LogP contribution >= 0.6 is 7.52 Å². The van der Waals surface area contributed by atoms with Gasteiger partial charge in [0.15, 0.2) is 0 Å². The molecule has 4 heteroatoms. The third-order valence-electron chi connectivity index (χ3n) is 3.31. The SMILES string of the molecule is NP(=O)(Oc1ccccc1)c1ccccc1-c1ccccc1. The fourth-order valence-corrected chi connectivity index (χ4v) is 3.66. The number of rotatable bonds is 4. The summed E-state index contributed by atoms with van der Waals surface area (Å²) in [4.78, 5) is 0. The van der Waals surface area contributed by atoms with Gasteiger partial charge in [0, 0.05) is 0 Å². The van der Waals surface area contributed by atoms with Gasteiger partial charge in [0.05, 0.1) is 5.30 Å². The summed E-state index contributed by atoms with van der Waals surface area (Å²) < 4.78 is 18.5. The Morgan fingerprint density at radius 1 is 0.727 bits per heavy atom. The predicted octanol–water partition coefficient (Wildman–Crippen LogP) is 4.21. The minimum Gasteiger partial charge on any atom is -0.430 e. The van der Waals surface area contributed by atoms with Crippen molar-refractivity contribution in [3.8, 4) is 16.9 Å². The molecule has 3 nitrogen and oxygen atoms in total. The van der Waals surface area contributed by atoms with Crippen LogP contribution < -0.4 is 15.3 Å². The fourth-order valence-electron chi connectivity index (χ4n) is 2.29. The number of nitrogens with two attached hydrogens (primary N) is 1. The van der Waals surface area contributed by atoms with Gasteiger partial charge in [-0.2, -0.15) is 0 Å². The van der Waals surface area contributed by atoms with E-state index in [0.717, 1.165) is 11.1 Å². The first-order valence-electron chi connectivity index (χ1n) is 6.95. The van der Waals surface area contributed by atoms with Crippen LogP contribution in [-0.4, -0.2) is 0 Å². The molecule has 3 rings (SSSR count). The van der Waals surface area contributed by atoms with Gasteiger partial charge in [-0.15, -0.1) is 0 Å². The first kappa shape index (κ1) is 14.6. The van der Waals surface area contributed by atoms with E-state index >= 15 is 0 Å². The average molecular weight is 309 g/mol. The number of hydrogen-bond donors (Lipinski definition) is 1. The molecule has 3 aromatic carbocycles. The van der Waals surface area contributed by atoms with Crippen LogP contribution in [0.2, 0.25) is 0 Å². The van der Waals surface area contributed by atoms with Crippen molar-refractivity contribution in [2.45, 2.75) is 0 Å². The molecule has 22 heavy (non-hydrogen) atoms. The fraction of sp³-hybridized carbons (Fsp3) is 0. The molecule has 0 amide bonds. The lowest BCUT2D eigenvalue weighted by Gasteiger charge is -2.18. The van der Waals surface area contributed by atoms with E-state index in [1.165, 1.54) is 0 Å². The zero-order valence-electron chi connectivity index (χ0n) is 11.9. The maximum absolute atomic E-state index is 12.9. The molecular weight excluding hydrogens is 293 g/mol. The summed E-state index contributed by atoms with van der Waals surface area (Å²) in [6, 6.07) is 26.1. The van der Waals surface area contributed by atoms with E-state index in [0.29, 0.717) is 11.1 Å². The van der Waals surface area contributed by atoms with Crippen molar-refractivity contribution in [3.63, 3.8) is 0 Å². The topological polar surface area (TPSA) is 52.3 Å². The first-order chi connectivity index (χ1) is 10.7. The summed E-state index contributed by atoms with van der Waals surface area (Å²) >= 11 is 0. The molecular formula is C18H16NO2P. The largest absolute Gasteiger partial charge is 0.430 e. The number of para-hydroxylation sites is 1. The van der Waals surface area contributed by atoms with Gasteiger partial charge >= 0.3 is 7.52 Å². The van der Waals surface area contributed by atoms with Crippen LogP contribution in [0.15, 0.2) is 84.9 Å². The Labute approximate surface area is 129 Å². The van der Waals surface area contributed by atoms with Gasteiger partial charge in [0.2, 0.25) is 0 Å². The molecule has 0 radical (unpaired) electrons. The smallest absolute Gasteiger partial charge is 0.344 e. The van der Waals surface area contributed by atoms with E-state index in [2.05, 4.69) is 0 Å².